The Bertz CT molecular complexity index is 1510. The molecule has 6 rings (SSSR count). The van der Waals surface area contributed by atoms with Crippen LogP contribution in [0.3, 0.4) is 0 Å². The van der Waals surface area contributed by atoms with Crippen molar-refractivity contribution in [1.82, 2.24) is 5.32 Å². The zero-order valence-electron chi connectivity index (χ0n) is 26.0. The van der Waals surface area contributed by atoms with Crippen LogP contribution < -0.4 is 25.5 Å². The first-order chi connectivity index (χ1) is 21.2. The van der Waals surface area contributed by atoms with E-state index in [0.717, 1.165) is 42.0 Å². The number of amides is 2. The maximum absolute atomic E-state index is 14.8. The summed E-state index contributed by atoms with van der Waals surface area (Å²) in [4.78, 5) is 29.7. The molecule has 3 aromatic rings. The fourth-order valence-electron chi connectivity index (χ4n) is 7.85. The molecule has 0 bridgehead atoms. The summed E-state index contributed by atoms with van der Waals surface area (Å²) in [6.07, 6.45) is 1.91. The number of carbonyl (C=O) groups is 2. The molecule has 1 spiro atoms. The number of fused-ring (bicyclic) bond motifs is 2. The van der Waals surface area contributed by atoms with Crippen molar-refractivity contribution >= 4 is 36.4 Å². The highest BCUT2D eigenvalue weighted by Crippen LogP contribution is 2.60. The van der Waals surface area contributed by atoms with E-state index in [4.69, 9.17) is 9.47 Å². The van der Waals surface area contributed by atoms with Gasteiger partial charge in [-0.15, -0.1) is 0 Å². The van der Waals surface area contributed by atoms with E-state index in [9.17, 15) is 14.7 Å². The van der Waals surface area contributed by atoms with Crippen molar-refractivity contribution in [3.8, 4) is 5.75 Å². The molecule has 0 unspecified atom stereocenters. The highest BCUT2D eigenvalue weighted by atomic mass is 28.3. The third kappa shape index (κ3) is 5.15. The fraction of sp³-hybridized carbons (Fsp3) is 0.429. The summed E-state index contributed by atoms with van der Waals surface area (Å²) in [5.41, 5.74) is 2.06. The Morgan fingerprint density at radius 3 is 2.55 bits per heavy atom. The molecule has 0 saturated carbocycles. The van der Waals surface area contributed by atoms with Gasteiger partial charge in [-0.25, -0.2) is 0 Å². The van der Waals surface area contributed by atoms with Gasteiger partial charge in [0.05, 0.1) is 39.6 Å². The minimum atomic E-state index is -2.28. The molecular formula is C35H43N3O5Si. The van der Waals surface area contributed by atoms with Gasteiger partial charge >= 0.3 is 0 Å². The molecule has 9 heteroatoms. The quantitative estimate of drug-likeness (QED) is 0.307. The number of hydrogen-bond donors (Lipinski definition) is 3. The molecule has 5 atom stereocenters. The van der Waals surface area contributed by atoms with Crippen LogP contribution in [0.2, 0.25) is 18.6 Å². The smallest absolute Gasteiger partial charge is 0.264 e. The number of ether oxygens (including phenoxy) is 2. The number of carbonyl (C=O) groups excluding carboxylic acids is 2. The Balaban J connectivity index is 1.43. The molecule has 0 aromatic heterocycles. The molecule has 3 aliphatic heterocycles. The van der Waals surface area contributed by atoms with Crippen LogP contribution in [0.4, 0.5) is 11.4 Å². The lowest BCUT2D eigenvalue weighted by Crippen LogP contribution is -2.51. The zero-order valence-corrected chi connectivity index (χ0v) is 27.0. The normalized spacial score (nSPS) is 26.3. The Labute approximate surface area is 260 Å². The number of nitrogens with one attached hydrogen (secondary N) is 2. The summed E-state index contributed by atoms with van der Waals surface area (Å²) in [6.45, 7) is 8.02. The number of aliphatic hydroxyl groups is 1. The van der Waals surface area contributed by atoms with Crippen molar-refractivity contribution < 1.29 is 24.2 Å². The van der Waals surface area contributed by atoms with E-state index in [2.05, 4.69) is 42.8 Å². The van der Waals surface area contributed by atoms with Crippen LogP contribution in [-0.4, -0.2) is 57.4 Å². The van der Waals surface area contributed by atoms with Crippen LogP contribution in [0.15, 0.2) is 72.8 Å². The van der Waals surface area contributed by atoms with E-state index in [1.165, 1.54) is 5.19 Å². The van der Waals surface area contributed by atoms with Gasteiger partial charge in [0.1, 0.15) is 5.75 Å². The van der Waals surface area contributed by atoms with Crippen LogP contribution in [0.5, 0.6) is 5.75 Å². The number of aliphatic hydroxyl groups excluding tert-OH is 1. The van der Waals surface area contributed by atoms with Gasteiger partial charge in [0.25, 0.3) is 5.91 Å². The predicted molar refractivity (Wildman–Crippen MR) is 175 cm³/mol. The Morgan fingerprint density at radius 2 is 1.89 bits per heavy atom. The first-order valence-electron chi connectivity index (χ1n) is 15.7. The average Bonchev–Trinajstić information content (AvgIpc) is 3.73. The van der Waals surface area contributed by atoms with Gasteiger partial charge in [0, 0.05) is 23.8 Å². The number of methoxy groups -OCH3 is 1. The van der Waals surface area contributed by atoms with Crippen LogP contribution >= 0.6 is 0 Å². The van der Waals surface area contributed by atoms with Gasteiger partial charge in [0.2, 0.25) is 5.91 Å². The monoisotopic (exact) mass is 613 g/mol. The van der Waals surface area contributed by atoms with Crippen LogP contribution in [0.25, 0.3) is 0 Å². The standard InChI is InChI=1S/C35H43N3O5Si/c1-23-32(44(3,4)27-15-13-26(42-2)14-16-27)31(18-20-39)43-35(23)28-21-25(37-33(40)29-11-8-19-36-29)12-17-30(28)38(34(35)41)22-24-9-6-5-7-10-24/h5-7,9-10,12-17,21,23,29,31-32,36,39H,8,11,18-20,22H2,1-4H3,(H,37,40)/t23-,29+,31+,32-,35+/m0/s1. The minimum Gasteiger partial charge on any atom is -0.497 e. The Morgan fingerprint density at radius 1 is 1.14 bits per heavy atom. The molecule has 8 nitrogen and oxygen atoms in total. The molecular weight excluding hydrogens is 570 g/mol. The molecule has 2 fully saturated rings. The summed E-state index contributed by atoms with van der Waals surface area (Å²) >= 11 is 0. The van der Waals surface area contributed by atoms with Gasteiger partial charge in [-0.3, -0.25) is 9.59 Å². The number of nitrogens with zero attached hydrogens (tertiary/aromatic N) is 1. The number of benzene rings is 3. The maximum atomic E-state index is 14.8. The van der Waals surface area contributed by atoms with Crippen LogP contribution in [-0.2, 0) is 26.5 Å². The second-order valence-corrected chi connectivity index (χ2v) is 17.6. The van der Waals surface area contributed by atoms with Crippen LogP contribution in [0, 0.1) is 5.92 Å². The minimum absolute atomic E-state index is 0.0314. The third-order valence-corrected chi connectivity index (χ3v) is 14.4. The van der Waals surface area contributed by atoms with Gasteiger partial charge in [-0.05, 0) is 67.2 Å². The lowest BCUT2D eigenvalue weighted by molar-refractivity contribution is -0.146. The summed E-state index contributed by atoms with van der Waals surface area (Å²) in [7, 11) is -0.621. The molecule has 2 amide bonds. The Kier molecular flexibility index (Phi) is 8.41. The third-order valence-electron chi connectivity index (χ3n) is 10.1. The SMILES string of the molecule is COc1ccc([Si](C)(C)[C@@H]2[C@@H](CCO)O[C@]3(C(=O)N(Cc4ccccc4)c4ccc(NC(=O)[C@H]5CCCN5)cc43)[C@H]2C)cc1. The molecule has 3 heterocycles. The highest BCUT2D eigenvalue weighted by molar-refractivity contribution is 6.91. The number of hydrogen-bond acceptors (Lipinski definition) is 6. The van der Waals surface area contributed by atoms with Gasteiger partial charge in [0.15, 0.2) is 5.60 Å². The molecule has 0 radical (unpaired) electrons. The first kappa shape index (κ1) is 30.5. The summed E-state index contributed by atoms with van der Waals surface area (Å²) in [6, 6.07) is 23.8. The molecule has 3 N–H and O–H groups in total. The molecule has 3 aromatic carbocycles. The maximum Gasteiger partial charge on any atom is 0.264 e. The van der Waals surface area contributed by atoms with E-state index >= 15 is 0 Å². The molecule has 2 saturated heterocycles. The lowest BCUT2D eigenvalue weighted by Gasteiger charge is -2.37. The molecule has 0 aliphatic carbocycles. The fourth-order valence-corrected chi connectivity index (χ4v) is 11.9. The summed E-state index contributed by atoms with van der Waals surface area (Å²) < 4.78 is 12.5. The van der Waals surface area contributed by atoms with E-state index in [0.29, 0.717) is 18.7 Å². The summed E-state index contributed by atoms with van der Waals surface area (Å²) in [5.74, 6) is 0.468. The second-order valence-electron chi connectivity index (χ2n) is 12.9. The van der Waals surface area contributed by atoms with Crippen LogP contribution in [0.1, 0.15) is 37.3 Å². The Hall–Kier alpha value is -3.50. The second kappa shape index (κ2) is 12.1. The lowest BCUT2D eigenvalue weighted by atomic mass is 9.82. The average molecular weight is 614 g/mol. The van der Waals surface area contributed by atoms with Crippen molar-refractivity contribution in [2.45, 2.75) is 69.1 Å². The zero-order chi connectivity index (χ0) is 31.1. The van der Waals surface area contributed by atoms with Gasteiger partial charge in [-0.2, -0.15) is 0 Å². The molecule has 232 valence electrons. The number of anilines is 2. The first-order valence-corrected chi connectivity index (χ1v) is 18.8. The van der Waals surface area contributed by atoms with Gasteiger partial charge in [-0.1, -0.05) is 67.7 Å². The predicted octanol–water partition coefficient (Wildman–Crippen LogP) is 4.53. The van der Waals surface area contributed by atoms with Crippen molar-refractivity contribution in [2.75, 3.05) is 30.5 Å². The highest BCUT2D eigenvalue weighted by Gasteiger charge is 2.66. The topological polar surface area (TPSA) is 100 Å². The van der Waals surface area contributed by atoms with Gasteiger partial charge < -0.3 is 30.1 Å². The van der Waals surface area contributed by atoms with Crippen molar-refractivity contribution in [1.29, 1.82) is 0 Å². The number of rotatable bonds is 9. The van der Waals surface area contributed by atoms with E-state index in [-0.39, 0.29) is 42.0 Å². The molecule has 44 heavy (non-hydrogen) atoms. The van der Waals surface area contributed by atoms with Crippen molar-refractivity contribution in [3.63, 3.8) is 0 Å². The van der Waals surface area contributed by atoms with E-state index in [1.54, 1.807) is 7.11 Å². The van der Waals surface area contributed by atoms with E-state index < -0.39 is 13.7 Å². The van der Waals surface area contributed by atoms with E-state index in [1.807, 2.05) is 65.6 Å². The molecule has 3 aliphatic rings. The van der Waals surface area contributed by atoms with Crippen molar-refractivity contribution in [3.05, 3.63) is 83.9 Å². The summed E-state index contributed by atoms with van der Waals surface area (Å²) in [5, 5.41) is 17.8. The largest absolute Gasteiger partial charge is 0.497 e. The van der Waals surface area contributed by atoms with Crippen molar-refractivity contribution in [2.24, 2.45) is 5.92 Å².